The topological polar surface area (TPSA) is 84.6 Å². The fraction of sp³-hybridized carbons (Fsp3) is 0.353. The SMILES string of the molecule is Nc1ncc2c(n1)CN(C(=O)c1ccc(N3CCOCC3)cc1)C2. The second kappa shape index (κ2) is 6.09. The Morgan fingerprint density at radius 1 is 1.12 bits per heavy atom. The van der Waals surface area contributed by atoms with Gasteiger partial charge in [-0.05, 0) is 24.3 Å². The van der Waals surface area contributed by atoms with E-state index in [2.05, 4.69) is 14.9 Å². The van der Waals surface area contributed by atoms with Crippen molar-refractivity contribution in [3.8, 4) is 0 Å². The molecule has 0 unspecified atom stereocenters. The van der Waals surface area contributed by atoms with Crippen LogP contribution in [0.15, 0.2) is 30.5 Å². The maximum absolute atomic E-state index is 12.7. The molecule has 24 heavy (non-hydrogen) atoms. The summed E-state index contributed by atoms with van der Waals surface area (Å²) in [6.45, 7) is 4.27. The Morgan fingerprint density at radius 3 is 2.62 bits per heavy atom. The molecule has 0 aliphatic carbocycles. The first-order valence-corrected chi connectivity index (χ1v) is 8.03. The molecular weight excluding hydrogens is 306 g/mol. The molecular formula is C17H19N5O2. The molecule has 2 N–H and O–H groups in total. The molecule has 124 valence electrons. The van der Waals surface area contributed by atoms with E-state index >= 15 is 0 Å². The minimum Gasteiger partial charge on any atom is -0.378 e. The molecule has 1 aromatic heterocycles. The summed E-state index contributed by atoms with van der Waals surface area (Å²) in [7, 11) is 0. The van der Waals surface area contributed by atoms with E-state index in [-0.39, 0.29) is 11.9 Å². The highest BCUT2D eigenvalue weighted by atomic mass is 16.5. The van der Waals surface area contributed by atoms with Crippen molar-refractivity contribution in [3.63, 3.8) is 0 Å². The first-order valence-electron chi connectivity index (χ1n) is 8.03. The third kappa shape index (κ3) is 2.78. The Kier molecular flexibility index (Phi) is 3.78. The van der Waals surface area contributed by atoms with Crippen LogP contribution < -0.4 is 10.6 Å². The number of anilines is 2. The zero-order valence-electron chi connectivity index (χ0n) is 13.3. The molecule has 0 spiro atoms. The lowest BCUT2D eigenvalue weighted by Gasteiger charge is -2.29. The lowest BCUT2D eigenvalue weighted by atomic mass is 10.1. The highest BCUT2D eigenvalue weighted by molar-refractivity contribution is 5.94. The van der Waals surface area contributed by atoms with Gasteiger partial charge in [-0.1, -0.05) is 0 Å². The Bertz CT molecular complexity index is 756. The van der Waals surface area contributed by atoms with Crippen LogP contribution in [0.25, 0.3) is 0 Å². The number of amides is 1. The molecule has 1 fully saturated rings. The van der Waals surface area contributed by atoms with E-state index in [4.69, 9.17) is 10.5 Å². The highest BCUT2D eigenvalue weighted by Crippen LogP contribution is 2.24. The van der Waals surface area contributed by atoms with Crippen LogP contribution in [0.1, 0.15) is 21.6 Å². The molecule has 0 saturated carbocycles. The van der Waals surface area contributed by atoms with Gasteiger partial charge >= 0.3 is 0 Å². The number of nitrogens with two attached hydrogens (primary N) is 1. The molecule has 0 bridgehead atoms. The van der Waals surface area contributed by atoms with E-state index in [9.17, 15) is 4.79 Å². The Balaban J connectivity index is 1.47. The first-order chi connectivity index (χ1) is 11.7. The minimum atomic E-state index is 0.0000916. The number of nitrogens with zero attached hydrogens (tertiary/aromatic N) is 4. The fourth-order valence-electron chi connectivity index (χ4n) is 3.13. The third-order valence-electron chi connectivity index (χ3n) is 4.45. The largest absolute Gasteiger partial charge is 0.378 e. The number of ether oxygens (including phenoxy) is 1. The van der Waals surface area contributed by atoms with Crippen LogP contribution in [-0.4, -0.2) is 47.1 Å². The molecule has 2 aliphatic rings. The Labute approximate surface area is 140 Å². The van der Waals surface area contributed by atoms with Gasteiger partial charge in [0.1, 0.15) is 0 Å². The van der Waals surface area contributed by atoms with Crippen molar-refractivity contribution in [2.24, 2.45) is 0 Å². The van der Waals surface area contributed by atoms with Gasteiger partial charge in [0.15, 0.2) is 0 Å². The number of carbonyl (C=O) groups excluding carboxylic acids is 1. The van der Waals surface area contributed by atoms with Crippen molar-refractivity contribution in [2.45, 2.75) is 13.1 Å². The average molecular weight is 325 g/mol. The summed E-state index contributed by atoms with van der Waals surface area (Å²) in [5.41, 5.74) is 9.21. The van der Waals surface area contributed by atoms with Crippen LogP contribution in [-0.2, 0) is 17.8 Å². The highest BCUT2D eigenvalue weighted by Gasteiger charge is 2.26. The van der Waals surface area contributed by atoms with E-state index in [1.807, 2.05) is 24.3 Å². The van der Waals surface area contributed by atoms with Crippen LogP contribution in [0, 0.1) is 0 Å². The monoisotopic (exact) mass is 325 g/mol. The first kappa shape index (κ1) is 14.9. The predicted molar refractivity (Wildman–Crippen MR) is 89.5 cm³/mol. The van der Waals surface area contributed by atoms with Gasteiger partial charge in [-0.3, -0.25) is 4.79 Å². The molecule has 1 saturated heterocycles. The number of fused-ring (bicyclic) bond motifs is 1. The Morgan fingerprint density at radius 2 is 1.88 bits per heavy atom. The van der Waals surface area contributed by atoms with E-state index in [0.717, 1.165) is 43.2 Å². The van der Waals surface area contributed by atoms with Crippen LogP contribution in [0.4, 0.5) is 11.6 Å². The predicted octanol–water partition coefficient (Wildman–Crippen LogP) is 1.05. The summed E-state index contributed by atoms with van der Waals surface area (Å²) in [5.74, 6) is 0.248. The second-order valence-electron chi connectivity index (χ2n) is 6.01. The zero-order valence-corrected chi connectivity index (χ0v) is 13.3. The van der Waals surface area contributed by atoms with Gasteiger partial charge < -0.3 is 20.3 Å². The summed E-state index contributed by atoms with van der Waals surface area (Å²) >= 11 is 0. The molecule has 2 aromatic rings. The number of nitrogen functional groups attached to an aromatic ring is 1. The Hall–Kier alpha value is -2.67. The fourth-order valence-corrected chi connectivity index (χ4v) is 3.13. The smallest absolute Gasteiger partial charge is 0.254 e. The number of morpholine rings is 1. The van der Waals surface area contributed by atoms with Crippen molar-refractivity contribution >= 4 is 17.5 Å². The van der Waals surface area contributed by atoms with Gasteiger partial charge in [0.2, 0.25) is 5.95 Å². The molecule has 4 rings (SSSR count). The van der Waals surface area contributed by atoms with Crippen molar-refractivity contribution in [3.05, 3.63) is 47.3 Å². The third-order valence-corrected chi connectivity index (χ3v) is 4.45. The number of benzene rings is 1. The average Bonchev–Trinajstić information content (AvgIpc) is 3.05. The molecule has 7 heteroatoms. The quantitative estimate of drug-likeness (QED) is 0.888. The van der Waals surface area contributed by atoms with Gasteiger partial charge in [0, 0.05) is 42.6 Å². The van der Waals surface area contributed by atoms with Crippen molar-refractivity contribution in [2.75, 3.05) is 36.9 Å². The van der Waals surface area contributed by atoms with Gasteiger partial charge in [-0.15, -0.1) is 0 Å². The number of hydrogen-bond acceptors (Lipinski definition) is 6. The molecule has 3 heterocycles. The van der Waals surface area contributed by atoms with E-state index < -0.39 is 0 Å². The van der Waals surface area contributed by atoms with Gasteiger partial charge in [0.25, 0.3) is 5.91 Å². The van der Waals surface area contributed by atoms with Crippen molar-refractivity contribution < 1.29 is 9.53 Å². The summed E-state index contributed by atoms with van der Waals surface area (Å²) < 4.78 is 5.37. The summed E-state index contributed by atoms with van der Waals surface area (Å²) in [6.07, 6.45) is 1.70. The molecule has 7 nitrogen and oxygen atoms in total. The summed E-state index contributed by atoms with van der Waals surface area (Å²) in [5, 5.41) is 0. The summed E-state index contributed by atoms with van der Waals surface area (Å²) in [4.78, 5) is 24.9. The number of rotatable bonds is 2. The number of carbonyl (C=O) groups is 1. The normalized spacial score (nSPS) is 17.0. The van der Waals surface area contributed by atoms with E-state index in [0.29, 0.717) is 18.7 Å². The molecule has 0 atom stereocenters. The van der Waals surface area contributed by atoms with E-state index in [1.54, 1.807) is 11.1 Å². The lowest BCUT2D eigenvalue weighted by Crippen LogP contribution is -2.36. The zero-order chi connectivity index (χ0) is 16.5. The maximum Gasteiger partial charge on any atom is 0.254 e. The minimum absolute atomic E-state index is 0.0000916. The van der Waals surface area contributed by atoms with Gasteiger partial charge in [-0.2, -0.15) is 0 Å². The van der Waals surface area contributed by atoms with Crippen LogP contribution in [0.2, 0.25) is 0 Å². The van der Waals surface area contributed by atoms with Crippen LogP contribution in [0.3, 0.4) is 0 Å². The van der Waals surface area contributed by atoms with Gasteiger partial charge in [0.05, 0.1) is 25.5 Å². The second-order valence-corrected chi connectivity index (χ2v) is 6.01. The van der Waals surface area contributed by atoms with E-state index in [1.165, 1.54) is 0 Å². The van der Waals surface area contributed by atoms with Crippen molar-refractivity contribution in [1.29, 1.82) is 0 Å². The van der Waals surface area contributed by atoms with Crippen LogP contribution in [0.5, 0.6) is 0 Å². The number of hydrogen-bond donors (Lipinski definition) is 1. The molecule has 1 amide bonds. The standard InChI is InChI=1S/C17H19N5O2/c18-17-19-9-13-10-22(11-15(13)20-17)16(23)12-1-3-14(4-2-12)21-5-7-24-8-6-21/h1-4,9H,5-8,10-11H2,(H2,18,19,20). The van der Waals surface area contributed by atoms with Crippen molar-refractivity contribution in [1.82, 2.24) is 14.9 Å². The van der Waals surface area contributed by atoms with Gasteiger partial charge in [-0.25, -0.2) is 9.97 Å². The molecule has 0 radical (unpaired) electrons. The number of aromatic nitrogens is 2. The lowest BCUT2D eigenvalue weighted by molar-refractivity contribution is 0.0750. The summed E-state index contributed by atoms with van der Waals surface area (Å²) in [6, 6.07) is 7.77. The molecule has 2 aliphatic heterocycles. The maximum atomic E-state index is 12.7. The van der Waals surface area contributed by atoms with Crippen LogP contribution >= 0.6 is 0 Å². The molecule has 1 aromatic carbocycles.